The average molecular weight is 279 g/mol. The van der Waals surface area contributed by atoms with Crippen molar-refractivity contribution >= 4 is 11.6 Å². The van der Waals surface area contributed by atoms with Crippen molar-refractivity contribution in [2.24, 2.45) is 0 Å². The Labute approximate surface area is 121 Å². The first-order chi connectivity index (χ1) is 9.63. The van der Waals surface area contributed by atoms with E-state index in [1.165, 1.54) is 0 Å². The number of aliphatic hydroxyl groups is 1. The van der Waals surface area contributed by atoms with Crippen LogP contribution in [0.15, 0.2) is 18.2 Å². The zero-order chi connectivity index (χ0) is 14.4. The van der Waals surface area contributed by atoms with E-state index in [0.717, 1.165) is 24.6 Å². The highest BCUT2D eigenvalue weighted by atomic mass is 16.5. The molecule has 112 valence electrons. The average Bonchev–Trinajstić information content (AvgIpc) is 2.45. The fourth-order valence-corrected chi connectivity index (χ4v) is 2.42. The van der Waals surface area contributed by atoms with Crippen LogP contribution in [0.2, 0.25) is 0 Å². The van der Waals surface area contributed by atoms with Crippen LogP contribution in [-0.4, -0.2) is 49.0 Å². The first-order valence-corrected chi connectivity index (χ1v) is 7.35. The number of hydrogen-bond acceptors (Lipinski definition) is 5. The van der Waals surface area contributed by atoms with E-state index < -0.39 is 5.60 Å². The molecule has 1 saturated heterocycles. The largest absolute Gasteiger partial charge is 0.388 e. The normalized spacial score (nSPS) is 17.8. The van der Waals surface area contributed by atoms with Gasteiger partial charge in [0, 0.05) is 46.2 Å². The van der Waals surface area contributed by atoms with Crippen LogP contribution in [0.3, 0.4) is 0 Å². The van der Waals surface area contributed by atoms with Crippen molar-refractivity contribution in [3.63, 3.8) is 0 Å². The molecule has 1 aromatic heterocycles. The van der Waals surface area contributed by atoms with Gasteiger partial charge < -0.3 is 20.1 Å². The number of aromatic nitrogens is 1. The molecule has 5 heteroatoms. The third kappa shape index (κ3) is 4.08. The fraction of sp³-hybridized carbons (Fsp3) is 0.667. The SMILES string of the molecule is CCCNc1cccc(N(C)CC2(O)CCOCC2)n1. The molecule has 2 heterocycles. The molecule has 1 aromatic rings. The standard InChI is InChI=1S/C15H25N3O2/c1-3-9-16-13-5-4-6-14(17-13)18(2)12-15(19)7-10-20-11-8-15/h4-6,19H,3,7-12H2,1-2H3,(H,16,17). The molecule has 2 N–H and O–H groups in total. The molecular weight excluding hydrogens is 254 g/mol. The molecule has 0 radical (unpaired) electrons. The molecule has 0 saturated carbocycles. The van der Waals surface area contributed by atoms with E-state index in [-0.39, 0.29) is 0 Å². The van der Waals surface area contributed by atoms with E-state index in [0.29, 0.717) is 32.6 Å². The van der Waals surface area contributed by atoms with Gasteiger partial charge in [0.05, 0.1) is 5.60 Å². The summed E-state index contributed by atoms with van der Waals surface area (Å²) in [5, 5.41) is 13.8. The Hall–Kier alpha value is -1.33. The molecule has 0 aromatic carbocycles. The molecule has 0 spiro atoms. The molecule has 0 amide bonds. The Balaban J connectivity index is 1.99. The Bertz CT molecular complexity index is 419. The number of likely N-dealkylation sites (N-methyl/N-ethyl adjacent to an activating group) is 1. The molecule has 0 aliphatic carbocycles. The first-order valence-electron chi connectivity index (χ1n) is 7.35. The molecule has 1 fully saturated rings. The zero-order valence-electron chi connectivity index (χ0n) is 12.4. The first kappa shape index (κ1) is 15.1. The second-order valence-corrected chi connectivity index (χ2v) is 5.50. The van der Waals surface area contributed by atoms with Crippen LogP contribution < -0.4 is 10.2 Å². The van der Waals surface area contributed by atoms with Gasteiger partial charge in [0.2, 0.25) is 0 Å². The maximum Gasteiger partial charge on any atom is 0.130 e. The Kier molecular flexibility index (Phi) is 5.20. The third-order valence-corrected chi connectivity index (χ3v) is 3.64. The molecule has 2 rings (SSSR count). The van der Waals surface area contributed by atoms with Crippen LogP contribution in [0.1, 0.15) is 26.2 Å². The molecule has 20 heavy (non-hydrogen) atoms. The van der Waals surface area contributed by atoms with Gasteiger partial charge in [-0.15, -0.1) is 0 Å². The Morgan fingerprint density at radius 2 is 2.15 bits per heavy atom. The third-order valence-electron chi connectivity index (χ3n) is 3.64. The summed E-state index contributed by atoms with van der Waals surface area (Å²) < 4.78 is 5.31. The number of nitrogens with one attached hydrogen (secondary N) is 1. The summed E-state index contributed by atoms with van der Waals surface area (Å²) in [5.41, 5.74) is -0.665. The van der Waals surface area contributed by atoms with Crippen molar-refractivity contribution < 1.29 is 9.84 Å². The molecular formula is C15H25N3O2. The molecule has 0 bridgehead atoms. The van der Waals surface area contributed by atoms with E-state index in [9.17, 15) is 5.11 Å². The highest BCUT2D eigenvalue weighted by Gasteiger charge is 2.31. The number of hydrogen-bond donors (Lipinski definition) is 2. The minimum Gasteiger partial charge on any atom is -0.388 e. The summed E-state index contributed by atoms with van der Waals surface area (Å²) >= 11 is 0. The molecule has 0 atom stereocenters. The summed E-state index contributed by atoms with van der Waals surface area (Å²) in [6, 6.07) is 5.93. The quantitative estimate of drug-likeness (QED) is 0.832. The summed E-state index contributed by atoms with van der Waals surface area (Å²) in [4.78, 5) is 6.60. The maximum absolute atomic E-state index is 10.5. The predicted octanol–water partition coefficient (Wildman–Crippen LogP) is 1.88. The van der Waals surface area contributed by atoms with Crippen LogP contribution in [0, 0.1) is 0 Å². The Morgan fingerprint density at radius 1 is 1.40 bits per heavy atom. The number of ether oxygens (including phenoxy) is 1. The number of nitrogens with zero attached hydrogens (tertiary/aromatic N) is 2. The van der Waals surface area contributed by atoms with Crippen molar-refractivity contribution in [1.82, 2.24) is 4.98 Å². The van der Waals surface area contributed by atoms with Crippen LogP contribution in [0.25, 0.3) is 0 Å². The highest BCUT2D eigenvalue weighted by Crippen LogP contribution is 2.23. The number of anilines is 2. The monoisotopic (exact) mass is 279 g/mol. The minimum atomic E-state index is -0.665. The molecule has 1 aliphatic heterocycles. The predicted molar refractivity (Wildman–Crippen MR) is 81.3 cm³/mol. The lowest BCUT2D eigenvalue weighted by Crippen LogP contribution is -2.46. The van der Waals surface area contributed by atoms with Gasteiger partial charge in [-0.2, -0.15) is 0 Å². The Morgan fingerprint density at radius 3 is 2.85 bits per heavy atom. The van der Waals surface area contributed by atoms with Crippen molar-refractivity contribution in [3.05, 3.63) is 18.2 Å². The van der Waals surface area contributed by atoms with Crippen LogP contribution >= 0.6 is 0 Å². The van der Waals surface area contributed by atoms with Gasteiger partial charge in [0.1, 0.15) is 11.6 Å². The lowest BCUT2D eigenvalue weighted by molar-refractivity contribution is -0.0573. The molecule has 1 aliphatic rings. The van der Waals surface area contributed by atoms with Crippen LogP contribution in [-0.2, 0) is 4.74 Å². The summed E-state index contributed by atoms with van der Waals surface area (Å²) in [6.45, 7) is 4.90. The number of pyridine rings is 1. The minimum absolute atomic E-state index is 0.584. The molecule has 5 nitrogen and oxygen atoms in total. The lowest BCUT2D eigenvalue weighted by Gasteiger charge is -2.35. The van der Waals surface area contributed by atoms with Crippen LogP contribution in [0.4, 0.5) is 11.6 Å². The topological polar surface area (TPSA) is 57.6 Å². The second kappa shape index (κ2) is 6.90. The highest BCUT2D eigenvalue weighted by molar-refractivity contribution is 5.46. The van der Waals surface area contributed by atoms with Gasteiger partial charge in [-0.3, -0.25) is 0 Å². The summed E-state index contributed by atoms with van der Waals surface area (Å²) in [5.74, 6) is 1.76. The molecule has 0 unspecified atom stereocenters. The summed E-state index contributed by atoms with van der Waals surface area (Å²) in [7, 11) is 1.97. The number of rotatable bonds is 6. The van der Waals surface area contributed by atoms with Crippen molar-refractivity contribution in [1.29, 1.82) is 0 Å². The van der Waals surface area contributed by atoms with Gasteiger partial charge in [-0.25, -0.2) is 4.98 Å². The lowest BCUT2D eigenvalue weighted by atomic mass is 9.94. The van der Waals surface area contributed by atoms with Gasteiger partial charge in [-0.1, -0.05) is 13.0 Å². The summed E-state index contributed by atoms with van der Waals surface area (Å²) in [6.07, 6.45) is 2.44. The smallest absolute Gasteiger partial charge is 0.130 e. The van der Waals surface area contributed by atoms with Crippen molar-refractivity contribution in [3.8, 4) is 0 Å². The van der Waals surface area contributed by atoms with Gasteiger partial charge in [0.15, 0.2) is 0 Å². The van der Waals surface area contributed by atoms with Crippen molar-refractivity contribution in [2.45, 2.75) is 31.8 Å². The van der Waals surface area contributed by atoms with Crippen LogP contribution in [0.5, 0.6) is 0 Å². The maximum atomic E-state index is 10.5. The van der Waals surface area contributed by atoms with Gasteiger partial charge in [-0.05, 0) is 18.6 Å². The van der Waals surface area contributed by atoms with E-state index in [1.54, 1.807) is 0 Å². The van der Waals surface area contributed by atoms with E-state index >= 15 is 0 Å². The zero-order valence-corrected chi connectivity index (χ0v) is 12.4. The van der Waals surface area contributed by atoms with E-state index in [4.69, 9.17) is 4.74 Å². The van der Waals surface area contributed by atoms with Gasteiger partial charge in [0.25, 0.3) is 0 Å². The van der Waals surface area contributed by atoms with Gasteiger partial charge >= 0.3 is 0 Å². The van der Waals surface area contributed by atoms with E-state index in [1.807, 2.05) is 30.1 Å². The van der Waals surface area contributed by atoms with Crippen molar-refractivity contribution in [2.75, 3.05) is 43.6 Å². The van der Waals surface area contributed by atoms with E-state index in [2.05, 4.69) is 17.2 Å². The second-order valence-electron chi connectivity index (χ2n) is 5.50. The fourth-order valence-electron chi connectivity index (χ4n) is 2.42.